The van der Waals surface area contributed by atoms with Crippen LogP contribution in [0.4, 0.5) is 8.78 Å². The third-order valence-electron chi connectivity index (χ3n) is 10.6. The highest BCUT2D eigenvalue weighted by Gasteiger charge is 2.45. The highest BCUT2D eigenvalue weighted by molar-refractivity contribution is 6.05. The second-order valence-electron chi connectivity index (χ2n) is 16.5. The quantitative estimate of drug-likeness (QED) is 0.169. The van der Waals surface area contributed by atoms with E-state index in [2.05, 4.69) is 10.6 Å². The lowest BCUT2D eigenvalue weighted by molar-refractivity contribution is -0.141. The number of benzene rings is 2. The summed E-state index contributed by atoms with van der Waals surface area (Å²) in [6.07, 6.45) is 3.50. The largest absolute Gasteiger partial charge is 0.387 e. The molecular formula is C41H53F2N7O6. The van der Waals surface area contributed by atoms with E-state index < -0.39 is 64.9 Å². The van der Waals surface area contributed by atoms with Crippen molar-refractivity contribution < 1.29 is 37.9 Å². The fraction of sp³-hybridized carbons (Fsp3) is 0.512. The average molecular weight is 778 g/mol. The summed E-state index contributed by atoms with van der Waals surface area (Å²) in [4.78, 5) is 72.4. The SMILES string of the molecule is CC1(C)CC(=O)N(CCNC(=O)[C@H]2CCC[C@H]2NC(=O)[C@@H](N)CCN(C(=O)CO)[C@@H](c2nc(-c3cc(F)ccc3F)cn2Cc2ccccc2)C(C)(C)C)C1=O. The number of hydrogen-bond acceptors (Lipinski definition) is 8. The van der Waals surface area contributed by atoms with Crippen LogP contribution < -0.4 is 16.4 Å². The van der Waals surface area contributed by atoms with Gasteiger partial charge in [-0.25, -0.2) is 13.8 Å². The molecule has 5 amide bonds. The minimum atomic E-state index is -1.09. The number of hydrogen-bond donors (Lipinski definition) is 4. The molecule has 1 saturated carbocycles. The highest BCUT2D eigenvalue weighted by atomic mass is 19.1. The Hall–Kier alpha value is -5.02. The summed E-state index contributed by atoms with van der Waals surface area (Å²) in [5, 5.41) is 15.9. The van der Waals surface area contributed by atoms with E-state index >= 15 is 4.39 Å². The molecule has 1 aromatic heterocycles. The first-order valence-corrected chi connectivity index (χ1v) is 19.1. The fourth-order valence-electron chi connectivity index (χ4n) is 7.68. The smallest absolute Gasteiger partial charge is 0.248 e. The number of nitrogens with zero attached hydrogens (tertiary/aromatic N) is 4. The number of aliphatic hydroxyl groups excluding tert-OH is 1. The second-order valence-corrected chi connectivity index (χ2v) is 16.5. The molecule has 1 aliphatic carbocycles. The van der Waals surface area contributed by atoms with Crippen LogP contribution in [0.5, 0.6) is 0 Å². The van der Waals surface area contributed by atoms with Crippen molar-refractivity contribution in [2.75, 3.05) is 26.2 Å². The van der Waals surface area contributed by atoms with Gasteiger partial charge in [0, 0.05) is 50.4 Å². The zero-order chi connectivity index (χ0) is 40.9. The van der Waals surface area contributed by atoms with Gasteiger partial charge >= 0.3 is 0 Å². The van der Waals surface area contributed by atoms with Crippen molar-refractivity contribution in [3.05, 3.63) is 77.8 Å². The average Bonchev–Trinajstić information content (AvgIpc) is 3.82. The Balaban J connectivity index is 1.30. The van der Waals surface area contributed by atoms with Crippen LogP contribution in [0, 0.1) is 28.4 Å². The highest BCUT2D eigenvalue weighted by Crippen LogP contribution is 2.40. The van der Waals surface area contributed by atoms with Gasteiger partial charge in [0.15, 0.2) is 0 Å². The Morgan fingerprint density at radius 3 is 2.45 bits per heavy atom. The first-order chi connectivity index (χ1) is 26.4. The van der Waals surface area contributed by atoms with Crippen LogP contribution in [0.1, 0.15) is 84.2 Å². The summed E-state index contributed by atoms with van der Waals surface area (Å²) in [5.74, 6) is -3.48. The molecule has 0 spiro atoms. The number of imidazole rings is 1. The van der Waals surface area contributed by atoms with Crippen LogP contribution in [-0.4, -0.2) is 92.3 Å². The molecule has 2 fully saturated rings. The molecule has 56 heavy (non-hydrogen) atoms. The number of rotatable bonds is 15. The number of imide groups is 1. The Bertz CT molecular complexity index is 1930. The molecule has 5 rings (SSSR count). The number of nitrogens with two attached hydrogens (primary N) is 1. The lowest BCUT2D eigenvalue weighted by Crippen LogP contribution is -2.51. The zero-order valence-corrected chi connectivity index (χ0v) is 32.7. The molecule has 4 atom stereocenters. The monoisotopic (exact) mass is 777 g/mol. The Morgan fingerprint density at radius 2 is 1.80 bits per heavy atom. The molecule has 1 saturated heterocycles. The van der Waals surface area contributed by atoms with Crippen LogP contribution in [-0.2, 0) is 30.5 Å². The van der Waals surface area contributed by atoms with Crippen LogP contribution in [0.2, 0.25) is 0 Å². The maximum Gasteiger partial charge on any atom is 0.248 e. The third kappa shape index (κ3) is 9.67. The first kappa shape index (κ1) is 42.1. The van der Waals surface area contributed by atoms with Crippen LogP contribution in [0.15, 0.2) is 54.7 Å². The van der Waals surface area contributed by atoms with Gasteiger partial charge in [0.2, 0.25) is 29.5 Å². The molecule has 3 aromatic rings. The van der Waals surface area contributed by atoms with Gasteiger partial charge in [0.25, 0.3) is 0 Å². The van der Waals surface area contributed by atoms with Gasteiger partial charge in [-0.15, -0.1) is 0 Å². The lowest BCUT2D eigenvalue weighted by atomic mass is 9.84. The molecule has 2 heterocycles. The van der Waals surface area contributed by atoms with Gasteiger partial charge in [0.05, 0.1) is 29.1 Å². The van der Waals surface area contributed by atoms with Gasteiger partial charge in [-0.1, -0.05) is 71.4 Å². The molecule has 13 nitrogen and oxygen atoms in total. The molecule has 2 aliphatic rings. The molecule has 0 radical (unpaired) electrons. The van der Waals surface area contributed by atoms with Gasteiger partial charge in [0.1, 0.15) is 24.1 Å². The summed E-state index contributed by atoms with van der Waals surface area (Å²) in [6.45, 7) is 8.64. The third-order valence-corrected chi connectivity index (χ3v) is 10.6. The predicted octanol–water partition coefficient (Wildman–Crippen LogP) is 3.69. The normalized spacial score (nSPS) is 19.2. The zero-order valence-electron chi connectivity index (χ0n) is 32.7. The van der Waals surface area contributed by atoms with Crippen molar-refractivity contribution in [3.8, 4) is 11.3 Å². The van der Waals surface area contributed by atoms with E-state index in [1.165, 1.54) is 9.80 Å². The topological polar surface area (TPSA) is 180 Å². The van der Waals surface area contributed by atoms with Crippen LogP contribution in [0.25, 0.3) is 11.3 Å². The number of carbonyl (C=O) groups excluding carboxylic acids is 5. The molecule has 0 bridgehead atoms. The first-order valence-electron chi connectivity index (χ1n) is 19.1. The van der Waals surface area contributed by atoms with Crippen molar-refractivity contribution in [1.29, 1.82) is 0 Å². The number of halogens is 2. The second kappa shape index (κ2) is 17.4. The number of nitrogens with one attached hydrogen (secondary N) is 2. The Morgan fingerprint density at radius 1 is 1.09 bits per heavy atom. The van der Waals surface area contributed by atoms with Gasteiger partial charge in [-0.2, -0.15) is 0 Å². The number of amides is 5. The summed E-state index contributed by atoms with van der Waals surface area (Å²) < 4.78 is 31.2. The van der Waals surface area contributed by atoms with E-state index in [1.807, 2.05) is 51.1 Å². The van der Waals surface area contributed by atoms with Crippen LogP contribution in [0.3, 0.4) is 0 Å². The molecule has 15 heteroatoms. The van der Waals surface area contributed by atoms with Crippen molar-refractivity contribution in [1.82, 2.24) is 30.0 Å². The van der Waals surface area contributed by atoms with E-state index in [4.69, 9.17) is 10.7 Å². The summed E-state index contributed by atoms with van der Waals surface area (Å²) in [7, 11) is 0. The summed E-state index contributed by atoms with van der Waals surface area (Å²) in [6, 6.07) is 10.1. The number of carbonyl (C=O) groups is 5. The minimum absolute atomic E-state index is 0.00719. The van der Waals surface area contributed by atoms with Crippen molar-refractivity contribution in [2.24, 2.45) is 22.5 Å². The molecule has 2 aromatic carbocycles. The number of likely N-dealkylation sites (tertiary alicyclic amines) is 1. The lowest BCUT2D eigenvalue weighted by Gasteiger charge is -2.40. The van der Waals surface area contributed by atoms with Gasteiger partial charge in [-0.3, -0.25) is 28.9 Å². The Labute approximate surface area is 326 Å². The standard InChI is InChI=1S/C41H53F2N7O6/c1-40(2,3)35(36-46-32(28-20-26(42)14-15-29(28)43)23-48(36)22-25-10-7-6-8-11-25)49(34(53)24-51)18-16-30(44)38(55)47-31-13-9-12-27(31)37(54)45-17-19-50-33(52)21-41(4,5)39(50)56/h6-8,10-11,14-15,20,23,27,30-31,35,51H,9,12-13,16-19,21-22,24,44H2,1-5H3,(H,45,54)(H,47,55)/t27-,30-,31+,35-/m0/s1. The molecular weight excluding hydrogens is 724 g/mol. The van der Waals surface area contributed by atoms with Gasteiger partial charge in [-0.05, 0) is 48.4 Å². The maximum absolute atomic E-state index is 15.0. The fourth-order valence-corrected chi connectivity index (χ4v) is 7.68. The number of aliphatic hydroxyl groups is 1. The molecule has 0 unspecified atom stereocenters. The minimum Gasteiger partial charge on any atom is -0.387 e. The Kier molecular flexibility index (Phi) is 13.1. The summed E-state index contributed by atoms with van der Waals surface area (Å²) >= 11 is 0. The van der Waals surface area contributed by atoms with E-state index in [1.54, 1.807) is 24.6 Å². The maximum atomic E-state index is 15.0. The van der Waals surface area contributed by atoms with E-state index in [0.717, 1.165) is 23.8 Å². The van der Waals surface area contributed by atoms with E-state index in [-0.39, 0.29) is 61.5 Å². The predicted molar refractivity (Wildman–Crippen MR) is 204 cm³/mol. The van der Waals surface area contributed by atoms with E-state index in [9.17, 15) is 33.5 Å². The van der Waals surface area contributed by atoms with Crippen molar-refractivity contribution >= 4 is 29.5 Å². The molecule has 1 aliphatic heterocycles. The number of aromatic nitrogens is 2. The van der Waals surface area contributed by atoms with Crippen molar-refractivity contribution in [2.45, 2.75) is 91.4 Å². The van der Waals surface area contributed by atoms with Gasteiger partial charge < -0.3 is 30.9 Å². The summed E-state index contributed by atoms with van der Waals surface area (Å²) in [5.41, 5.74) is 5.93. The van der Waals surface area contributed by atoms with Crippen LogP contribution >= 0.6 is 0 Å². The molecule has 302 valence electrons. The van der Waals surface area contributed by atoms with E-state index in [0.29, 0.717) is 31.6 Å². The molecule has 5 N–H and O–H groups in total. The van der Waals surface area contributed by atoms with Crippen molar-refractivity contribution in [3.63, 3.8) is 0 Å².